The first-order valence-corrected chi connectivity index (χ1v) is 6.30. The smallest absolute Gasteiger partial charge is 0.317 e. The Hall–Kier alpha value is -1.61. The molecule has 0 radical (unpaired) electrons. The van der Waals surface area contributed by atoms with Gasteiger partial charge in [0.05, 0.1) is 6.54 Å². The topological polar surface area (TPSA) is 40.5 Å². The van der Waals surface area contributed by atoms with Gasteiger partial charge in [-0.15, -0.1) is 6.58 Å². The molecule has 0 aliphatic carbocycles. The molecule has 0 aromatic heterocycles. The Kier molecular flexibility index (Phi) is 6.15. The van der Waals surface area contributed by atoms with Crippen molar-refractivity contribution in [1.29, 1.82) is 0 Å². The van der Waals surface area contributed by atoms with Crippen LogP contribution in [0.15, 0.2) is 43.0 Å². The van der Waals surface area contributed by atoms with Gasteiger partial charge in [0.1, 0.15) is 0 Å². The summed E-state index contributed by atoms with van der Waals surface area (Å²) in [7, 11) is 0. The minimum Gasteiger partial charge on any atom is -0.480 e. The van der Waals surface area contributed by atoms with Gasteiger partial charge in [0.2, 0.25) is 0 Å². The second-order valence-corrected chi connectivity index (χ2v) is 4.33. The van der Waals surface area contributed by atoms with Crippen LogP contribution >= 0.6 is 0 Å². The molecule has 0 fully saturated rings. The van der Waals surface area contributed by atoms with Crippen LogP contribution in [0.25, 0.3) is 0 Å². The minimum atomic E-state index is -0.797. The number of hydrogen-bond donors (Lipinski definition) is 1. The fourth-order valence-electron chi connectivity index (χ4n) is 2.15. The number of rotatable bonds is 8. The standard InChI is InChI=1S/C15H21NO2/c1-3-8-14(13-9-6-5-7-10-13)16(11-4-2)12-15(17)18/h4-7,9-10,14H,2-3,8,11-12H2,1H3,(H,17,18). The molecule has 0 amide bonds. The zero-order valence-corrected chi connectivity index (χ0v) is 10.9. The Morgan fingerprint density at radius 3 is 2.61 bits per heavy atom. The molecule has 1 rings (SSSR count). The second kappa shape index (κ2) is 7.67. The lowest BCUT2D eigenvalue weighted by Gasteiger charge is -2.29. The van der Waals surface area contributed by atoms with Crippen molar-refractivity contribution in [2.45, 2.75) is 25.8 Å². The fourth-order valence-corrected chi connectivity index (χ4v) is 2.15. The minimum absolute atomic E-state index is 0.0472. The highest BCUT2D eigenvalue weighted by Crippen LogP contribution is 2.25. The normalized spacial score (nSPS) is 12.3. The van der Waals surface area contributed by atoms with E-state index in [1.807, 2.05) is 23.1 Å². The second-order valence-electron chi connectivity index (χ2n) is 4.33. The first-order valence-electron chi connectivity index (χ1n) is 6.30. The monoisotopic (exact) mass is 247 g/mol. The van der Waals surface area contributed by atoms with Crippen molar-refractivity contribution in [3.05, 3.63) is 48.6 Å². The Labute approximate surface area is 109 Å². The number of aliphatic carboxylic acids is 1. The summed E-state index contributed by atoms with van der Waals surface area (Å²) >= 11 is 0. The molecule has 1 atom stereocenters. The SMILES string of the molecule is C=CCN(CC(=O)O)C(CCC)c1ccccc1. The van der Waals surface area contributed by atoms with Gasteiger partial charge in [-0.05, 0) is 12.0 Å². The summed E-state index contributed by atoms with van der Waals surface area (Å²) in [6.45, 7) is 6.46. The maximum atomic E-state index is 10.9. The highest BCUT2D eigenvalue weighted by Gasteiger charge is 2.20. The van der Waals surface area contributed by atoms with E-state index in [9.17, 15) is 4.79 Å². The van der Waals surface area contributed by atoms with Crippen LogP contribution in [0, 0.1) is 0 Å². The summed E-state index contributed by atoms with van der Waals surface area (Å²) < 4.78 is 0. The highest BCUT2D eigenvalue weighted by atomic mass is 16.4. The van der Waals surface area contributed by atoms with E-state index in [4.69, 9.17) is 5.11 Å². The van der Waals surface area contributed by atoms with Crippen molar-refractivity contribution in [3.8, 4) is 0 Å². The Morgan fingerprint density at radius 1 is 1.44 bits per heavy atom. The van der Waals surface area contributed by atoms with Gasteiger partial charge in [-0.3, -0.25) is 9.69 Å². The maximum absolute atomic E-state index is 10.9. The third-order valence-electron chi connectivity index (χ3n) is 2.89. The molecule has 98 valence electrons. The van der Waals surface area contributed by atoms with Crippen molar-refractivity contribution in [3.63, 3.8) is 0 Å². The molecule has 0 saturated carbocycles. The Balaban J connectivity index is 2.92. The molecular weight excluding hydrogens is 226 g/mol. The lowest BCUT2D eigenvalue weighted by Crippen LogP contribution is -2.33. The first kappa shape index (κ1) is 14.5. The average Bonchev–Trinajstić information content (AvgIpc) is 2.36. The number of nitrogens with zero attached hydrogens (tertiary/aromatic N) is 1. The van der Waals surface area contributed by atoms with Crippen LogP contribution in [0.3, 0.4) is 0 Å². The van der Waals surface area contributed by atoms with Gasteiger partial charge >= 0.3 is 5.97 Å². The molecule has 18 heavy (non-hydrogen) atoms. The van der Waals surface area contributed by atoms with Gasteiger partial charge in [-0.2, -0.15) is 0 Å². The lowest BCUT2D eigenvalue weighted by molar-refractivity contribution is -0.138. The zero-order valence-electron chi connectivity index (χ0n) is 10.9. The van der Waals surface area contributed by atoms with E-state index in [0.29, 0.717) is 6.54 Å². The molecule has 3 heteroatoms. The zero-order chi connectivity index (χ0) is 13.4. The van der Waals surface area contributed by atoms with Gasteiger partial charge < -0.3 is 5.11 Å². The van der Waals surface area contributed by atoms with E-state index in [1.165, 1.54) is 5.56 Å². The summed E-state index contributed by atoms with van der Waals surface area (Å²) in [5.74, 6) is -0.797. The van der Waals surface area contributed by atoms with Gasteiger partial charge in [-0.1, -0.05) is 49.8 Å². The molecular formula is C15H21NO2. The van der Waals surface area contributed by atoms with Crippen molar-refractivity contribution in [2.75, 3.05) is 13.1 Å². The summed E-state index contributed by atoms with van der Waals surface area (Å²) in [4.78, 5) is 12.9. The Morgan fingerprint density at radius 2 is 2.11 bits per heavy atom. The summed E-state index contributed by atoms with van der Waals surface area (Å²) in [5, 5.41) is 9.00. The largest absolute Gasteiger partial charge is 0.480 e. The molecule has 0 heterocycles. The van der Waals surface area contributed by atoms with Gasteiger partial charge in [0.15, 0.2) is 0 Å². The van der Waals surface area contributed by atoms with Crippen LogP contribution in [-0.4, -0.2) is 29.1 Å². The highest BCUT2D eigenvalue weighted by molar-refractivity contribution is 5.69. The predicted octanol–water partition coefficient (Wildman–Crippen LogP) is 3.10. The van der Waals surface area contributed by atoms with Crippen LogP contribution in [0.2, 0.25) is 0 Å². The van der Waals surface area contributed by atoms with E-state index >= 15 is 0 Å². The molecule has 1 unspecified atom stereocenters. The Bertz CT molecular complexity index is 375. The van der Waals surface area contributed by atoms with E-state index in [0.717, 1.165) is 12.8 Å². The number of benzene rings is 1. The number of carboxylic acid groups (broad SMARTS) is 1. The van der Waals surface area contributed by atoms with Crippen molar-refractivity contribution in [1.82, 2.24) is 4.90 Å². The van der Waals surface area contributed by atoms with E-state index in [1.54, 1.807) is 6.08 Å². The molecule has 3 nitrogen and oxygen atoms in total. The third-order valence-corrected chi connectivity index (χ3v) is 2.89. The van der Waals surface area contributed by atoms with Crippen LogP contribution in [0.5, 0.6) is 0 Å². The first-order chi connectivity index (χ1) is 8.69. The van der Waals surface area contributed by atoms with Crippen LogP contribution < -0.4 is 0 Å². The quantitative estimate of drug-likeness (QED) is 0.718. The molecule has 0 aliphatic heterocycles. The van der Waals surface area contributed by atoms with E-state index in [-0.39, 0.29) is 12.6 Å². The summed E-state index contributed by atoms with van der Waals surface area (Å²) in [6, 6.07) is 10.2. The van der Waals surface area contributed by atoms with Gasteiger partial charge in [0.25, 0.3) is 0 Å². The summed E-state index contributed by atoms with van der Waals surface area (Å²) in [5.41, 5.74) is 1.17. The molecule has 0 bridgehead atoms. The number of carbonyl (C=O) groups is 1. The molecule has 0 saturated heterocycles. The van der Waals surface area contributed by atoms with Gasteiger partial charge in [-0.25, -0.2) is 0 Å². The van der Waals surface area contributed by atoms with Gasteiger partial charge in [0, 0.05) is 12.6 Å². The molecule has 0 aliphatic rings. The molecule has 0 spiro atoms. The third kappa shape index (κ3) is 4.34. The van der Waals surface area contributed by atoms with E-state index < -0.39 is 5.97 Å². The summed E-state index contributed by atoms with van der Waals surface area (Å²) in [6.07, 6.45) is 3.73. The van der Waals surface area contributed by atoms with Crippen LogP contribution in [0.1, 0.15) is 31.4 Å². The lowest BCUT2D eigenvalue weighted by atomic mass is 10.0. The average molecular weight is 247 g/mol. The number of carboxylic acids is 1. The predicted molar refractivity (Wildman–Crippen MR) is 73.5 cm³/mol. The maximum Gasteiger partial charge on any atom is 0.317 e. The van der Waals surface area contributed by atoms with Crippen molar-refractivity contribution >= 4 is 5.97 Å². The number of hydrogen-bond acceptors (Lipinski definition) is 2. The van der Waals surface area contributed by atoms with Crippen molar-refractivity contribution < 1.29 is 9.90 Å². The van der Waals surface area contributed by atoms with Crippen molar-refractivity contribution in [2.24, 2.45) is 0 Å². The van der Waals surface area contributed by atoms with E-state index in [2.05, 4.69) is 25.6 Å². The van der Waals surface area contributed by atoms with Crippen LogP contribution in [-0.2, 0) is 4.79 Å². The van der Waals surface area contributed by atoms with Crippen LogP contribution in [0.4, 0.5) is 0 Å². The fraction of sp³-hybridized carbons (Fsp3) is 0.400. The molecule has 1 N–H and O–H groups in total. The molecule has 1 aromatic rings. The molecule has 1 aromatic carbocycles.